The Kier molecular flexibility index (Phi) is 46.7. The maximum absolute atomic E-state index is 13.2. The van der Waals surface area contributed by atoms with Crippen LogP contribution in [0.3, 0.4) is 0 Å². The first-order valence-electron chi connectivity index (χ1n) is 25.9. The van der Waals surface area contributed by atoms with Crippen molar-refractivity contribution in [2.45, 2.75) is 251 Å². The van der Waals surface area contributed by atoms with Gasteiger partial charge in [0.1, 0.15) is 6.10 Å². The van der Waals surface area contributed by atoms with Crippen molar-refractivity contribution in [3.63, 3.8) is 0 Å². The van der Waals surface area contributed by atoms with Gasteiger partial charge in [-0.25, -0.2) is 0 Å². The third-order valence-corrected chi connectivity index (χ3v) is 11.4. The SMILES string of the molecule is CC\C=C/C=C/C=C/C=C\C=C\C=C\CCCCCC(=O)OC(CCCCCCC/C=C\CCCCCC)CC(=O)NC(CO)C(O)CCCCCCCCCCCCCCC. The second kappa shape index (κ2) is 49.1. The van der Waals surface area contributed by atoms with Gasteiger partial charge in [0.25, 0.3) is 0 Å². The molecule has 0 aliphatic rings. The van der Waals surface area contributed by atoms with E-state index in [1.807, 2.05) is 54.7 Å². The van der Waals surface area contributed by atoms with Crippen molar-refractivity contribution in [1.82, 2.24) is 5.32 Å². The summed E-state index contributed by atoms with van der Waals surface area (Å²) < 4.78 is 5.91. The van der Waals surface area contributed by atoms with Gasteiger partial charge in [0.15, 0.2) is 0 Å². The van der Waals surface area contributed by atoms with Gasteiger partial charge >= 0.3 is 5.97 Å². The topological polar surface area (TPSA) is 95.9 Å². The van der Waals surface area contributed by atoms with E-state index in [0.717, 1.165) is 77.0 Å². The number of aliphatic hydroxyl groups is 2. The molecule has 6 heteroatoms. The van der Waals surface area contributed by atoms with Gasteiger partial charge in [0.05, 0.1) is 25.2 Å². The van der Waals surface area contributed by atoms with Crippen LogP contribution in [-0.2, 0) is 14.3 Å². The average molecular weight is 864 g/mol. The number of hydrogen-bond acceptors (Lipinski definition) is 5. The fourth-order valence-corrected chi connectivity index (χ4v) is 7.46. The number of carbonyl (C=O) groups is 2. The number of esters is 1. The number of amides is 1. The third kappa shape index (κ3) is 43.7. The molecule has 0 heterocycles. The summed E-state index contributed by atoms with van der Waals surface area (Å²) >= 11 is 0. The van der Waals surface area contributed by atoms with Crippen LogP contribution in [0.4, 0.5) is 0 Å². The van der Waals surface area contributed by atoms with E-state index in [-0.39, 0.29) is 24.9 Å². The highest BCUT2D eigenvalue weighted by molar-refractivity contribution is 5.77. The Labute approximate surface area is 383 Å². The Bertz CT molecular complexity index is 1200. The zero-order valence-corrected chi connectivity index (χ0v) is 40.5. The average Bonchev–Trinajstić information content (AvgIpc) is 3.26. The van der Waals surface area contributed by atoms with Gasteiger partial charge < -0.3 is 20.3 Å². The highest BCUT2D eigenvalue weighted by Crippen LogP contribution is 2.17. The first-order chi connectivity index (χ1) is 30.5. The molecule has 3 unspecified atom stereocenters. The van der Waals surface area contributed by atoms with Crippen molar-refractivity contribution in [3.05, 3.63) is 85.1 Å². The molecule has 0 fully saturated rings. The molecule has 356 valence electrons. The lowest BCUT2D eigenvalue weighted by Gasteiger charge is -2.24. The van der Waals surface area contributed by atoms with Crippen LogP contribution >= 0.6 is 0 Å². The van der Waals surface area contributed by atoms with Gasteiger partial charge in [-0.2, -0.15) is 0 Å². The molecular weight excluding hydrogens is 767 g/mol. The highest BCUT2D eigenvalue weighted by atomic mass is 16.5. The van der Waals surface area contributed by atoms with Crippen LogP contribution in [0, 0.1) is 0 Å². The van der Waals surface area contributed by atoms with E-state index in [0.29, 0.717) is 19.3 Å². The molecule has 6 nitrogen and oxygen atoms in total. The van der Waals surface area contributed by atoms with Crippen molar-refractivity contribution in [3.8, 4) is 0 Å². The van der Waals surface area contributed by atoms with E-state index in [1.165, 1.54) is 109 Å². The number of allylic oxidation sites excluding steroid dienone is 14. The van der Waals surface area contributed by atoms with E-state index in [1.54, 1.807) is 0 Å². The van der Waals surface area contributed by atoms with E-state index in [9.17, 15) is 19.8 Å². The fraction of sp³-hybridized carbons (Fsp3) is 0.714. The summed E-state index contributed by atoms with van der Waals surface area (Å²) in [5, 5.41) is 23.8. The van der Waals surface area contributed by atoms with Crippen molar-refractivity contribution in [2.24, 2.45) is 0 Å². The Morgan fingerprint density at radius 2 is 0.887 bits per heavy atom. The Balaban J connectivity index is 4.69. The predicted molar refractivity (Wildman–Crippen MR) is 268 cm³/mol. The minimum Gasteiger partial charge on any atom is -0.462 e. The van der Waals surface area contributed by atoms with Crippen molar-refractivity contribution in [1.29, 1.82) is 0 Å². The second-order valence-corrected chi connectivity index (χ2v) is 17.3. The molecule has 0 aromatic carbocycles. The Morgan fingerprint density at radius 3 is 1.39 bits per heavy atom. The molecule has 3 N–H and O–H groups in total. The standard InChI is InChI=1S/C56H97NO5/c1-4-7-10-13-16-19-22-25-26-27-28-31-34-37-40-43-46-49-56(61)62-52(47-44-41-38-35-32-29-23-20-17-14-11-8-5-2)50-55(60)57-53(51-58)54(59)48-45-42-39-36-33-30-24-21-18-15-12-9-6-3/h7,10,13,16,19-20,22-23,25-28,31,34,52-54,58-59H,4-6,8-9,11-12,14-15,17-18,21,24,29-30,32-33,35-51H2,1-3H3,(H,57,60)/b10-7-,16-13+,22-19+,23-20-,26-25-,28-27+,34-31+. The van der Waals surface area contributed by atoms with Crippen molar-refractivity contribution >= 4 is 11.9 Å². The largest absolute Gasteiger partial charge is 0.462 e. The summed E-state index contributed by atoms with van der Waals surface area (Å²) in [6, 6.07) is -0.717. The summed E-state index contributed by atoms with van der Waals surface area (Å²) in [4.78, 5) is 26.1. The van der Waals surface area contributed by atoms with Gasteiger partial charge in [-0.3, -0.25) is 9.59 Å². The molecule has 0 spiro atoms. The van der Waals surface area contributed by atoms with Gasteiger partial charge in [-0.1, -0.05) is 234 Å². The fourth-order valence-electron chi connectivity index (χ4n) is 7.46. The molecule has 0 saturated carbocycles. The Morgan fingerprint density at radius 1 is 0.484 bits per heavy atom. The molecule has 3 atom stereocenters. The zero-order valence-electron chi connectivity index (χ0n) is 40.5. The number of hydrogen-bond donors (Lipinski definition) is 3. The number of unbranched alkanes of at least 4 members (excludes halogenated alkanes) is 24. The lowest BCUT2D eigenvalue weighted by Crippen LogP contribution is -2.46. The molecule has 0 aromatic rings. The summed E-state index contributed by atoms with van der Waals surface area (Å²) in [7, 11) is 0. The lowest BCUT2D eigenvalue weighted by atomic mass is 10.0. The number of carbonyl (C=O) groups excluding carboxylic acids is 2. The smallest absolute Gasteiger partial charge is 0.306 e. The van der Waals surface area contributed by atoms with Crippen molar-refractivity contribution < 1.29 is 24.5 Å². The highest BCUT2D eigenvalue weighted by Gasteiger charge is 2.24. The van der Waals surface area contributed by atoms with Crippen LogP contribution in [0.15, 0.2) is 85.1 Å². The predicted octanol–water partition coefficient (Wildman–Crippen LogP) is 15.6. The van der Waals surface area contributed by atoms with Crippen LogP contribution in [-0.4, -0.2) is 46.9 Å². The normalized spacial score (nSPS) is 14.0. The van der Waals surface area contributed by atoms with Gasteiger partial charge in [-0.05, 0) is 70.6 Å². The molecule has 0 bridgehead atoms. The van der Waals surface area contributed by atoms with Gasteiger partial charge in [0, 0.05) is 6.42 Å². The molecule has 0 aliphatic heterocycles. The van der Waals surface area contributed by atoms with Crippen LogP contribution < -0.4 is 5.32 Å². The molecule has 62 heavy (non-hydrogen) atoms. The molecule has 0 aliphatic carbocycles. The van der Waals surface area contributed by atoms with Crippen LogP contribution in [0.2, 0.25) is 0 Å². The third-order valence-electron chi connectivity index (χ3n) is 11.4. The van der Waals surface area contributed by atoms with Gasteiger partial charge in [0.2, 0.25) is 5.91 Å². The van der Waals surface area contributed by atoms with Crippen LogP contribution in [0.1, 0.15) is 233 Å². The number of ether oxygens (including phenoxy) is 1. The molecular formula is C56H97NO5. The monoisotopic (exact) mass is 864 g/mol. The molecule has 1 amide bonds. The quantitative estimate of drug-likeness (QED) is 0.0245. The van der Waals surface area contributed by atoms with E-state index >= 15 is 0 Å². The minimum atomic E-state index is -0.801. The summed E-state index contributed by atoms with van der Waals surface area (Å²) in [6.45, 7) is 6.31. The van der Waals surface area contributed by atoms with Crippen LogP contribution in [0.5, 0.6) is 0 Å². The van der Waals surface area contributed by atoms with E-state index in [2.05, 4.69) is 56.5 Å². The second-order valence-electron chi connectivity index (χ2n) is 17.3. The molecule has 0 rings (SSSR count). The Hall–Kier alpha value is -2.96. The first-order valence-corrected chi connectivity index (χ1v) is 25.9. The first kappa shape index (κ1) is 59.0. The van der Waals surface area contributed by atoms with E-state index in [4.69, 9.17) is 4.74 Å². The maximum Gasteiger partial charge on any atom is 0.306 e. The minimum absolute atomic E-state index is 0.0498. The number of rotatable bonds is 45. The summed E-state index contributed by atoms with van der Waals surface area (Å²) in [6.07, 6.45) is 63.5. The zero-order chi connectivity index (χ0) is 45.2. The maximum atomic E-state index is 13.2. The summed E-state index contributed by atoms with van der Waals surface area (Å²) in [5.41, 5.74) is 0. The summed E-state index contributed by atoms with van der Waals surface area (Å²) in [5.74, 6) is -0.536. The van der Waals surface area contributed by atoms with Crippen molar-refractivity contribution in [2.75, 3.05) is 6.61 Å². The number of aliphatic hydroxyl groups excluding tert-OH is 2. The van der Waals surface area contributed by atoms with E-state index < -0.39 is 18.2 Å². The lowest BCUT2D eigenvalue weighted by molar-refractivity contribution is -0.151. The molecule has 0 saturated heterocycles. The van der Waals surface area contributed by atoms with Crippen LogP contribution in [0.25, 0.3) is 0 Å². The number of nitrogens with one attached hydrogen (secondary N) is 1. The van der Waals surface area contributed by atoms with Gasteiger partial charge in [-0.15, -0.1) is 0 Å². The molecule has 0 aromatic heterocycles. The molecule has 0 radical (unpaired) electrons.